The molecular weight excluding hydrogens is 270 g/mol. The number of aryl methyl sites for hydroxylation is 1. The maximum Gasteiger partial charge on any atom is 0.337 e. The van der Waals surface area contributed by atoms with Gasteiger partial charge in [0.25, 0.3) is 0 Å². The first kappa shape index (κ1) is 12.9. The fourth-order valence-corrected chi connectivity index (χ4v) is 2.50. The Morgan fingerprint density at radius 1 is 1.28 bits per heavy atom. The summed E-state index contributed by atoms with van der Waals surface area (Å²) in [4.78, 5) is 16.0. The molecule has 1 N–H and O–H groups in total. The third-order valence-corrected chi connectivity index (χ3v) is 3.83. The van der Waals surface area contributed by atoms with E-state index < -0.39 is 5.97 Å². The Hall–Kier alpha value is -1.52. The largest absolute Gasteiger partial charge is 0.478 e. The molecule has 92 valence electrons. The second-order valence-electron chi connectivity index (χ2n) is 3.70. The average molecular weight is 280 g/mol. The summed E-state index contributed by atoms with van der Waals surface area (Å²) in [6, 6.07) is 9.26. The molecule has 1 aromatic heterocycles. The van der Waals surface area contributed by atoms with Gasteiger partial charge in [0.2, 0.25) is 0 Å². The number of carbonyl (C=O) groups is 1. The summed E-state index contributed by atoms with van der Waals surface area (Å²) in [6.45, 7) is 2.00. The van der Waals surface area contributed by atoms with E-state index in [0.717, 1.165) is 10.5 Å². The lowest BCUT2D eigenvalue weighted by atomic mass is 10.2. The molecule has 18 heavy (non-hydrogen) atoms. The number of rotatable bonds is 3. The minimum atomic E-state index is -1.05. The molecule has 3 nitrogen and oxygen atoms in total. The second kappa shape index (κ2) is 5.42. The lowest BCUT2D eigenvalue weighted by Gasteiger charge is -2.05. The van der Waals surface area contributed by atoms with Crippen molar-refractivity contribution in [1.29, 1.82) is 0 Å². The first-order valence-electron chi connectivity index (χ1n) is 5.20. The fraction of sp³-hybridized carbons (Fsp3) is 0.0769. The number of carboxylic acid groups (broad SMARTS) is 1. The van der Waals surface area contributed by atoms with Crippen molar-refractivity contribution < 1.29 is 9.90 Å². The van der Waals surface area contributed by atoms with Gasteiger partial charge >= 0.3 is 5.97 Å². The van der Waals surface area contributed by atoms with Gasteiger partial charge in [-0.2, -0.15) is 0 Å². The lowest BCUT2D eigenvalue weighted by Crippen LogP contribution is -1.99. The zero-order valence-electron chi connectivity index (χ0n) is 9.55. The molecule has 0 amide bonds. The van der Waals surface area contributed by atoms with Crippen LogP contribution in [0.25, 0.3) is 0 Å². The van der Waals surface area contributed by atoms with Crippen LogP contribution in [0.15, 0.2) is 46.5 Å². The highest BCUT2D eigenvalue weighted by molar-refractivity contribution is 7.99. The van der Waals surface area contributed by atoms with E-state index in [1.54, 1.807) is 0 Å². The van der Waals surface area contributed by atoms with Crippen LogP contribution in [0.2, 0.25) is 5.02 Å². The van der Waals surface area contributed by atoms with Gasteiger partial charge in [-0.15, -0.1) is 0 Å². The molecule has 0 bridgehead atoms. The summed E-state index contributed by atoms with van der Waals surface area (Å²) in [7, 11) is 0. The summed E-state index contributed by atoms with van der Waals surface area (Å²) < 4.78 is 0. The predicted molar refractivity (Wildman–Crippen MR) is 71.5 cm³/mol. The number of aromatic carboxylic acids is 1. The molecule has 0 aliphatic carbocycles. The van der Waals surface area contributed by atoms with Crippen LogP contribution >= 0.6 is 23.4 Å². The van der Waals surface area contributed by atoms with E-state index >= 15 is 0 Å². The number of hydrogen-bond donors (Lipinski definition) is 1. The highest BCUT2D eigenvalue weighted by Gasteiger charge is 2.13. The highest BCUT2D eigenvalue weighted by atomic mass is 35.5. The van der Waals surface area contributed by atoms with E-state index in [2.05, 4.69) is 4.98 Å². The topological polar surface area (TPSA) is 50.2 Å². The van der Waals surface area contributed by atoms with Crippen molar-refractivity contribution >= 4 is 29.3 Å². The fourth-order valence-electron chi connectivity index (χ4n) is 1.38. The molecule has 5 heteroatoms. The van der Waals surface area contributed by atoms with Crippen molar-refractivity contribution in [2.45, 2.75) is 16.8 Å². The monoisotopic (exact) mass is 279 g/mol. The van der Waals surface area contributed by atoms with Crippen LogP contribution in [0.5, 0.6) is 0 Å². The van der Waals surface area contributed by atoms with Crippen LogP contribution < -0.4 is 0 Å². The summed E-state index contributed by atoms with van der Waals surface area (Å²) in [5.41, 5.74) is 1.24. The summed E-state index contributed by atoms with van der Waals surface area (Å²) in [5.74, 6) is -1.05. The van der Waals surface area contributed by atoms with E-state index in [9.17, 15) is 4.79 Å². The summed E-state index contributed by atoms with van der Waals surface area (Å²) >= 11 is 7.37. The van der Waals surface area contributed by atoms with Crippen LogP contribution in [0.1, 0.15) is 15.9 Å². The molecule has 0 saturated heterocycles. The molecule has 1 aromatic carbocycles. The first-order valence-corrected chi connectivity index (χ1v) is 6.39. The Bertz CT molecular complexity index is 584. The van der Waals surface area contributed by atoms with Crippen molar-refractivity contribution in [3.63, 3.8) is 0 Å². The van der Waals surface area contributed by atoms with Gasteiger partial charge in [-0.1, -0.05) is 41.1 Å². The second-order valence-corrected chi connectivity index (χ2v) is 5.14. The molecule has 0 atom stereocenters. The molecule has 1 heterocycles. The SMILES string of the molecule is Cc1ccc(Sc2nccc(C(=O)O)c2Cl)cc1. The third kappa shape index (κ3) is 2.83. The van der Waals surface area contributed by atoms with Gasteiger partial charge in [-0.05, 0) is 25.1 Å². The van der Waals surface area contributed by atoms with Crippen LogP contribution in [-0.2, 0) is 0 Å². The molecular formula is C13H10ClNO2S. The molecule has 0 radical (unpaired) electrons. The minimum absolute atomic E-state index is 0.0706. The van der Waals surface area contributed by atoms with Crippen molar-refractivity contribution in [3.8, 4) is 0 Å². The minimum Gasteiger partial charge on any atom is -0.478 e. The smallest absolute Gasteiger partial charge is 0.337 e. The summed E-state index contributed by atoms with van der Waals surface area (Å²) in [5, 5.41) is 9.65. The molecule has 0 saturated carbocycles. The van der Waals surface area contributed by atoms with E-state index in [0.29, 0.717) is 5.03 Å². The van der Waals surface area contributed by atoms with Crippen molar-refractivity contribution in [2.24, 2.45) is 0 Å². The number of nitrogens with zero attached hydrogens (tertiary/aromatic N) is 1. The highest BCUT2D eigenvalue weighted by Crippen LogP contribution is 2.33. The Morgan fingerprint density at radius 2 is 1.94 bits per heavy atom. The third-order valence-electron chi connectivity index (χ3n) is 2.32. The van der Waals surface area contributed by atoms with Gasteiger partial charge in [0.15, 0.2) is 0 Å². The maximum atomic E-state index is 10.9. The average Bonchev–Trinajstić information content (AvgIpc) is 2.34. The van der Waals surface area contributed by atoms with Crippen LogP contribution in [0, 0.1) is 6.92 Å². The normalized spacial score (nSPS) is 10.3. The van der Waals surface area contributed by atoms with Crippen LogP contribution in [-0.4, -0.2) is 16.1 Å². The zero-order valence-corrected chi connectivity index (χ0v) is 11.1. The van der Waals surface area contributed by atoms with Gasteiger partial charge in [-0.3, -0.25) is 0 Å². The number of hydrogen-bond acceptors (Lipinski definition) is 3. The van der Waals surface area contributed by atoms with Gasteiger partial charge in [-0.25, -0.2) is 9.78 Å². The molecule has 0 aliphatic heterocycles. The van der Waals surface area contributed by atoms with E-state index in [1.165, 1.54) is 24.0 Å². The van der Waals surface area contributed by atoms with Crippen LogP contribution in [0.3, 0.4) is 0 Å². The molecule has 0 aliphatic rings. The number of aromatic nitrogens is 1. The number of carboxylic acids is 1. The predicted octanol–water partition coefficient (Wildman–Crippen LogP) is 3.89. The maximum absolute atomic E-state index is 10.9. The molecule has 2 aromatic rings. The van der Waals surface area contributed by atoms with E-state index in [-0.39, 0.29) is 10.6 Å². The quantitative estimate of drug-likeness (QED) is 0.926. The lowest BCUT2D eigenvalue weighted by molar-refractivity contribution is 0.0696. The Balaban J connectivity index is 2.32. The van der Waals surface area contributed by atoms with E-state index in [4.69, 9.17) is 16.7 Å². The molecule has 0 fully saturated rings. The van der Waals surface area contributed by atoms with Gasteiger partial charge < -0.3 is 5.11 Å². The summed E-state index contributed by atoms with van der Waals surface area (Å²) in [6.07, 6.45) is 1.45. The van der Waals surface area contributed by atoms with Gasteiger partial charge in [0, 0.05) is 11.1 Å². The molecule has 0 unspecified atom stereocenters. The Labute approximate surface area is 114 Å². The number of halogens is 1. The van der Waals surface area contributed by atoms with Gasteiger partial charge in [0.1, 0.15) is 5.03 Å². The molecule has 2 rings (SSSR count). The zero-order chi connectivity index (χ0) is 13.1. The van der Waals surface area contributed by atoms with Crippen molar-refractivity contribution in [1.82, 2.24) is 4.98 Å². The van der Waals surface area contributed by atoms with Crippen LogP contribution in [0.4, 0.5) is 0 Å². The Morgan fingerprint density at radius 3 is 2.56 bits per heavy atom. The first-order chi connectivity index (χ1) is 8.58. The number of benzene rings is 1. The van der Waals surface area contributed by atoms with E-state index in [1.807, 2.05) is 31.2 Å². The standard InChI is InChI=1S/C13H10ClNO2S/c1-8-2-4-9(5-3-8)18-12-11(14)10(13(16)17)6-7-15-12/h2-7H,1H3,(H,16,17). The van der Waals surface area contributed by atoms with Crippen molar-refractivity contribution in [3.05, 3.63) is 52.7 Å². The Kier molecular flexibility index (Phi) is 3.89. The molecule has 0 spiro atoms. The van der Waals surface area contributed by atoms with Crippen molar-refractivity contribution in [2.75, 3.05) is 0 Å². The van der Waals surface area contributed by atoms with Gasteiger partial charge in [0.05, 0.1) is 10.6 Å². The number of pyridine rings is 1.